The van der Waals surface area contributed by atoms with Gasteiger partial charge in [-0.25, -0.2) is 26.5 Å². The van der Waals surface area contributed by atoms with Crippen molar-refractivity contribution < 1.29 is 63.8 Å². The van der Waals surface area contributed by atoms with E-state index >= 15 is 0 Å². The number of nitrogens with zero attached hydrogens (tertiary/aromatic N) is 6. The average Bonchev–Trinajstić information content (AvgIpc) is 1.51. The number of morpholine rings is 1. The fourth-order valence-electron chi connectivity index (χ4n) is 14.9. The normalized spacial score (nSPS) is 19.3. The number of thiazole rings is 1. The van der Waals surface area contributed by atoms with Gasteiger partial charge in [0.05, 0.1) is 52.0 Å². The summed E-state index contributed by atoms with van der Waals surface area (Å²) in [5, 5.41) is 20.5. The van der Waals surface area contributed by atoms with Gasteiger partial charge in [-0.05, 0) is 165 Å². The third-order valence-electron chi connectivity index (χ3n) is 21.2. The molecule has 0 bridgehead atoms. The number of aliphatic hydroxyl groups excluding tert-OH is 1. The summed E-state index contributed by atoms with van der Waals surface area (Å²) in [5.41, 5.74) is 2.22. The van der Waals surface area contributed by atoms with Crippen molar-refractivity contribution in [1.29, 1.82) is 0 Å². The molecular formula is C78H96ClF3N10O11S4. The van der Waals surface area contributed by atoms with Crippen LogP contribution in [0.3, 0.4) is 0 Å². The number of anilines is 2. The largest absolute Gasteiger partial charge is 0.501 e. The van der Waals surface area contributed by atoms with Gasteiger partial charge in [-0.15, -0.1) is 23.1 Å². The molecular weight excluding hydrogens is 1470 g/mol. The summed E-state index contributed by atoms with van der Waals surface area (Å²) in [4.78, 5) is 83.6. The van der Waals surface area contributed by atoms with Gasteiger partial charge in [0, 0.05) is 124 Å². The smallest absolute Gasteiger partial charge is 0.391 e. The summed E-state index contributed by atoms with van der Waals surface area (Å²) in [6.45, 7) is 16.9. The number of carbonyl (C=O) groups is 5. The summed E-state index contributed by atoms with van der Waals surface area (Å²) in [7, 11) is -11.0. The number of alkyl halides is 3. The van der Waals surface area contributed by atoms with E-state index in [0.29, 0.717) is 108 Å². The van der Waals surface area contributed by atoms with Gasteiger partial charge < -0.3 is 40.5 Å². The Labute approximate surface area is 638 Å². The number of rotatable bonds is 27. The first-order chi connectivity index (χ1) is 50.9. The van der Waals surface area contributed by atoms with Gasteiger partial charge in [0.15, 0.2) is 0 Å². The number of likely N-dealkylation sites (tertiary alicyclic amines) is 2. The van der Waals surface area contributed by atoms with Crippen LogP contribution in [-0.4, -0.2) is 197 Å². The van der Waals surface area contributed by atoms with E-state index in [4.69, 9.17) is 16.3 Å². The molecule has 1 spiro atoms. The summed E-state index contributed by atoms with van der Waals surface area (Å²) >= 11 is 9.38. The Hall–Kier alpha value is -7.41. The molecule has 5 amide bonds. The minimum absolute atomic E-state index is 0.00478. The monoisotopic (exact) mass is 1570 g/mol. The molecule has 4 saturated heterocycles. The van der Waals surface area contributed by atoms with E-state index in [1.807, 2.05) is 111 Å². The maximum absolute atomic E-state index is 14.4. The zero-order valence-corrected chi connectivity index (χ0v) is 65.1. The number of aromatic nitrogens is 1. The number of hydrogen-bond acceptors (Lipinski definition) is 18. The van der Waals surface area contributed by atoms with Crippen molar-refractivity contribution in [2.45, 2.75) is 156 Å². The number of aliphatic hydroxyl groups is 1. The molecule has 29 heteroatoms. The average molecular weight is 1570 g/mol. The van der Waals surface area contributed by atoms with E-state index in [1.54, 1.807) is 29.0 Å². The number of thioether (sulfide) groups is 1. The predicted octanol–water partition coefficient (Wildman–Crippen LogP) is 11.8. The lowest BCUT2D eigenvalue weighted by molar-refractivity contribution is -0.144. The Morgan fingerprint density at radius 3 is 2.12 bits per heavy atom. The molecule has 1 aromatic heterocycles. The van der Waals surface area contributed by atoms with Gasteiger partial charge in [0.25, 0.3) is 25.8 Å². The summed E-state index contributed by atoms with van der Waals surface area (Å²) in [6, 6.07) is 31.1. The third kappa shape index (κ3) is 20.5. The number of unbranched alkanes of at least 4 members (excludes halogenated alkanes) is 1. The van der Waals surface area contributed by atoms with E-state index in [1.165, 1.54) is 39.9 Å². The van der Waals surface area contributed by atoms with Crippen LogP contribution in [-0.2, 0) is 43.8 Å². The Bertz CT molecular complexity index is 4380. The van der Waals surface area contributed by atoms with Gasteiger partial charge >= 0.3 is 5.51 Å². The van der Waals surface area contributed by atoms with Crippen LogP contribution >= 0.6 is 34.7 Å². The highest BCUT2D eigenvalue weighted by atomic mass is 35.5. The second kappa shape index (κ2) is 35.1. The third-order valence-corrected chi connectivity index (χ3v) is 26.5. The number of carbonyl (C=O) groups excluding carboxylic acids is 5. The quantitative estimate of drug-likeness (QED) is 0.0237. The first kappa shape index (κ1) is 80.6. The molecule has 0 radical (unpaired) electrons. The standard InChI is InChI=1S/C78H96ClF3N10O11S4/c1-52(54-15-17-56(18-16-54)71-53(2)83-51-105-71)84-74(97)67-45-62(93)49-92(67)75(98)72(76(3,4)5)86-69(94)13-9-10-14-70(95)91-35-32-77(33-36-91)31-29-65(55-19-23-59(79)24-20-55)58(47-77)48-89-37-39-90(40-38-89)61-25-21-57(22-26-61)73(96)87-107(101,102)64-27-28-66(68(46-64)106(99,100)78(80,81)82)85-60(30-34-88-41-43-103-44-42-88)50-104-63-11-7-6-8-12-63/h6-8,11-12,15-28,46,51-52,60,62,67,72,85,93H,9-10,13-14,29-45,47-50H2,1-5H3,(H,84,97)(H,86,94)(H,87,96)/t52-,60+,62+,67-,72+/m0/s1. The van der Waals surface area contributed by atoms with E-state index in [0.717, 1.165) is 88.6 Å². The molecule has 4 aliphatic heterocycles. The highest BCUT2D eigenvalue weighted by Gasteiger charge is 2.49. The second-order valence-electron chi connectivity index (χ2n) is 29.8. The van der Waals surface area contributed by atoms with Crippen molar-refractivity contribution in [3.63, 3.8) is 0 Å². The van der Waals surface area contributed by atoms with Crippen LogP contribution in [0.25, 0.3) is 16.0 Å². The molecule has 6 aromatic rings. The Balaban J connectivity index is 0.650. The SMILES string of the molecule is Cc1ncsc1-c1ccc([C@H](C)NC(=O)[C@@H]2C[C@@H](O)CN2C(=O)[C@@H](NC(=O)CCCCC(=O)N2CCC3(CCC(c4ccc(Cl)cc4)=C(CN4CCN(c5ccc(C(=O)NS(=O)(=O)c6ccc(N[C@H](CCN7CCOCC7)CSc7ccccc7)c(S(=O)(=O)C(F)(F)F)c6)cc5)CC4)C3)CC2)C(C)(C)C)cc1. The molecule has 0 saturated carbocycles. The molecule has 5 heterocycles. The van der Waals surface area contributed by atoms with Gasteiger partial charge in [0.2, 0.25) is 23.6 Å². The number of amides is 5. The maximum Gasteiger partial charge on any atom is 0.501 e. The molecule has 21 nitrogen and oxygen atoms in total. The first-order valence-corrected chi connectivity index (χ1v) is 41.8. The highest BCUT2D eigenvalue weighted by molar-refractivity contribution is 7.99. The van der Waals surface area contributed by atoms with Crippen LogP contribution in [0.15, 0.2) is 147 Å². The molecule has 11 rings (SSSR count). The maximum atomic E-state index is 14.4. The van der Waals surface area contributed by atoms with E-state index < -0.39 is 82.3 Å². The van der Waals surface area contributed by atoms with Crippen LogP contribution in [0.2, 0.25) is 5.02 Å². The van der Waals surface area contributed by atoms with Crippen molar-refractivity contribution in [3.05, 3.63) is 160 Å². The highest BCUT2D eigenvalue weighted by Crippen LogP contribution is 2.50. The molecule has 1 aliphatic carbocycles. The van der Waals surface area contributed by atoms with Crippen LogP contribution in [0.1, 0.15) is 132 Å². The summed E-state index contributed by atoms with van der Waals surface area (Å²) in [6.07, 6.45) is 5.25. The summed E-state index contributed by atoms with van der Waals surface area (Å²) in [5.74, 6) is -1.86. The number of nitrogens with one attached hydrogen (secondary N) is 4. The lowest BCUT2D eigenvalue weighted by Crippen LogP contribution is -2.57. The van der Waals surface area contributed by atoms with Crippen LogP contribution in [0.5, 0.6) is 0 Å². The Kier molecular flexibility index (Phi) is 26.4. The molecule has 5 atom stereocenters. The number of sulfonamides is 1. The fourth-order valence-corrected chi connectivity index (χ4v) is 18.9. The number of halogens is 4. The Morgan fingerprint density at radius 1 is 0.794 bits per heavy atom. The molecule has 5 N–H and O–H groups in total. The number of piperazine rings is 1. The fraction of sp³-hybridized carbons (Fsp3) is 0.487. The lowest BCUT2D eigenvalue weighted by atomic mass is 9.65. The van der Waals surface area contributed by atoms with Crippen LogP contribution in [0, 0.1) is 17.8 Å². The van der Waals surface area contributed by atoms with Crippen molar-refractivity contribution >= 4 is 101 Å². The van der Waals surface area contributed by atoms with Crippen LogP contribution < -0.4 is 25.6 Å². The van der Waals surface area contributed by atoms with Crippen molar-refractivity contribution in [3.8, 4) is 10.4 Å². The predicted molar refractivity (Wildman–Crippen MR) is 411 cm³/mol. The van der Waals surface area contributed by atoms with Gasteiger partial charge in [-0.1, -0.05) is 92.5 Å². The van der Waals surface area contributed by atoms with Crippen molar-refractivity contribution in [2.24, 2.45) is 10.8 Å². The lowest BCUT2D eigenvalue weighted by Gasteiger charge is -2.46. The molecule has 576 valence electrons. The second-order valence-corrected chi connectivity index (χ2v) is 35.8. The zero-order valence-electron chi connectivity index (χ0n) is 61.0. The first-order valence-electron chi connectivity index (χ1n) is 36.6. The van der Waals surface area contributed by atoms with Crippen molar-refractivity contribution in [1.82, 2.24) is 39.9 Å². The molecule has 0 unspecified atom stereocenters. The van der Waals surface area contributed by atoms with E-state index in [2.05, 4.69) is 47.8 Å². The zero-order chi connectivity index (χ0) is 76.4. The number of allylic oxidation sites excluding steroid dienone is 1. The minimum Gasteiger partial charge on any atom is -0.391 e. The number of piperidine rings is 1. The van der Waals surface area contributed by atoms with Gasteiger partial charge in [-0.3, -0.25) is 33.8 Å². The topological polar surface area (TPSA) is 260 Å². The molecule has 107 heavy (non-hydrogen) atoms. The van der Waals surface area contributed by atoms with Crippen molar-refractivity contribution in [2.75, 3.05) is 101 Å². The number of β-amino-alcohol motifs (C(OH)–C–C–N with tert-alkyl or cyclic N) is 1. The number of benzene rings is 5. The Morgan fingerprint density at radius 2 is 1.47 bits per heavy atom. The molecule has 4 fully saturated rings. The molecule has 5 aromatic carbocycles. The summed E-state index contributed by atoms with van der Waals surface area (Å²) < 4.78 is 105. The molecule has 5 aliphatic rings. The number of hydrogen-bond donors (Lipinski definition) is 5. The van der Waals surface area contributed by atoms with Gasteiger partial charge in [-0.2, -0.15) is 13.2 Å². The van der Waals surface area contributed by atoms with Gasteiger partial charge in [0.1, 0.15) is 17.0 Å². The number of sulfone groups is 1. The number of ether oxygens (including phenoxy) is 1. The van der Waals surface area contributed by atoms with Crippen LogP contribution in [0.4, 0.5) is 24.5 Å². The minimum atomic E-state index is -6.11. The number of aryl methyl sites for hydroxylation is 1. The van der Waals surface area contributed by atoms with E-state index in [-0.39, 0.29) is 60.5 Å². The van der Waals surface area contributed by atoms with E-state index in [9.17, 15) is 59.1 Å².